The van der Waals surface area contributed by atoms with Crippen LogP contribution < -0.4 is 10.6 Å². The molecule has 0 bridgehead atoms. The van der Waals surface area contributed by atoms with Crippen LogP contribution in [-0.4, -0.2) is 49.1 Å². The first-order chi connectivity index (χ1) is 8.81. The van der Waals surface area contributed by atoms with Crippen molar-refractivity contribution in [3.05, 3.63) is 0 Å². The molecular weight excluding hydrogens is 297 g/mol. The second-order valence-electron chi connectivity index (χ2n) is 6.18. The van der Waals surface area contributed by atoms with Crippen molar-refractivity contribution < 1.29 is 4.79 Å². The molecule has 2 N–H and O–H groups in total. The summed E-state index contributed by atoms with van der Waals surface area (Å²) in [5.74, 6) is 1.21. The molecule has 0 aromatic carbocycles. The van der Waals surface area contributed by atoms with Crippen molar-refractivity contribution in [1.82, 2.24) is 15.5 Å². The van der Waals surface area contributed by atoms with Gasteiger partial charge in [-0.2, -0.15) is 0 Å². The van der Waals surface area contributed by atoms with E-state index in [2.05, 4.69) is 15.5 Å². The van der Waals surface area contributed by atoms with Crippen molar-refractivity contribution in [2.24, 2.45) is 5.92 Å². The molecule has 3 rings (SSSR count). The van der Waals surface area contributed by atoms with Crippen LogP contribution in [0.25, 0.3) is 0 Å². The molecular formula is C14H27Cl2N3O. The predicted molar refractivity (Wildman–Crippen MR) is 85.8 cm³/mol. The number of nitrogens with zero attached hydrogens (tertiary/aromatic N) is 1. The first-order valence-corrected chi connectivity index (χ1v) is 7.57. The van der Waals surface area contributed by atoms with E-state index in [0.29, 0.717) is 6.04 Å². The van der Waals surface area contributed by atoms with Gasteiger partial charge in [0.2, 0.25) is 5.91 Å². The number of rotatable bonds is 4. The van der Waals surface area contributed by atoms with Gasteiger partial charge in [-0.05, 0) is 51.0 Å². The van der Waals surface area contributed by atoms with E-state index in [1.54, 1.807) is 0 Å². The maximum absolute atomic E-state index is 12.0. The molecule has 0 aromatic heterocycles. The molecule has 20 heavy (non-hydrogen) atoms. The Morgan fingerprint density at radius 3 is 2.35 bits per heavy atom. The molecule has 0 spiro atoms. The molecule has 2 aliphatic heterocycles. The lowest BCUT2D eigenvalue weighted by Crippen LogP contribution is -2.49. The summed E-state index contributed by atoms with van der Waals surface area (Å²) < 4.78 is 0. The number of amides is 1. The smallest absolute Gasteiger partial charge is 0.237 e. The standard InChI is InChI=1S/C14H25N3O.2ClH/c18-14(13-2-1-7-15-13)16-12-5-8-17(9-6-12)10-11-3-4-11;;/h11-13,15H,1-10H2,(H,16,18);2*1H. The lowest BCUT2D eigenvalue weighted by molar-refractivity contribution is -0.123. The Morgan fingerprint density at radius 1 is 1.10 bits per heavy atom. The van der Waals surface area contributed by atoms with Crippen molar-refractivity contribution in [3.63, 3.8) is 0 Å². The molecule has 1 unspecified atom stereocenters. The predicted octanol–water partition coefficient (Wildman–Crippen LogP) is 1.57. The number of hydrogen-bond donors (Lipinski definition) is 2. The van der Waals surface area contributed by atoms with Gasteiger partial charge in [-0.15, -0.1) is 24.8 Å². The zero-order valence-electron chi connectivity index (χ0n) is 12.0. The Balaban J connectivity index is 0.000001000. The quantitative estimate of drug-likeness (QED) is 0.825. The number of carbonyl (C=O) groups excluding carboxylic acids is 1. The van der Waals surface area contributed by atoms with Gasteiger partial charge in [0.05, 0.1) is 6.04 Å². The van der Waals surface area contributed by atoms with Crippen LogP contribution in [0.2, 0.25) is 0 Å². The lowest BCUT2D eigenvalue weighted by atomic mass is 10.0. The molecule has 0 aromatic rings. The van der Waals surface area contributed by atoms with Gasteiger partial charge in [0, 0.05) is 25.7 Å². The topological polar surface area (TPSA) is 44.4 Å². The van der Waals surface area contributed by atoms with E-state index in [1.807, 2.05) is 0 Å². The van der Waals surface area contributed by atoms with Crippen LogP contribution in [0.3, 0.4) is 0 Å². The zero-order valence-corrected chi connectivity index (χ0v) is 13.6. The van der Waals surface area contributed by atoms with E-state index in [9.17, 15) is 4.79 Å². The maximum atomic E-state index is 12.0. The van der Waals surface area contributed by atoms with Crippen LogP contribution in [-0.2, 0) is 4.79 Å². The second kappa shape index (κ2) is 8.42. The number of halogens is 2. The van der Waals surface area contributed by atoms with Crippen LogP contribution in [0.15, 0.2) is 0 Å². The lowest BCUT2D eigenvalue weighted by Gasteiger charge is -2.32. The zero-order chi connectivity index (χ0) is 12.4. The minimum Gasteiger partial charge on any atom is -0.352 e. The van der Waals surface area contributed by atoms with Crippen LogP contribution in [0.1, 0.15) is 38.5 Å². The van der Waals surface area contributed by atoms with Crippen LogP contribution in [0.4, 0.5) is 0 Å². The molecule has 1 aliphatic carbocycles. The van der Waals surface area contributed by atoms with Crippen molar-refractivity contribution in [1.29, 1.82) is 0 Å². The van der Waals surface area contributed by atoms with Gasteiger partial charge in [0.1, 0.15) is 0 Å². The highest BCUT2D eigenvalue weighted by Crippen LogP contribution is 2.30. The van der Waals surface area contributed by atoms with Crippen LogP contribution in [0, 0.1) is 5.92 Å². The molecule has 6 heteroatoms. The van der Waals surface area contributed by atoms with Crippen molar-refractivity contribution in [2.45, 2.75) is 50.6 Å². The fourth-order valence-corrected chi connectivity index (χ4v) is 3.14. The third-order valence-electron chi connectivity index (χ3n) is 4.52. The van der Waals surface area contributed by atoms with Crippen molar-refractivity contribution >= 4 is 30.7 Å². The highest BCUT2D eigenvalue weighted by atomic mass is 35.5. The number of piperidine rings is 1. The highest BCUT2D eigenvalue weighted by Gasteiger charge is 2.29. The van der Waals surface area contributed by atoms with E-state index in [-0.39, 0.29) is 36.8 Å². The fraction of sp³-hybridized carbons (Fsp3) is 0.929. The van der Waals surface area contributed by atoms with E-state index < -0.39 is 0 Å². The first kappa shape index (κ1) is 18.0. The Kier molecular flexibility index (Phi) is 7.59. The van der Waals surface area contributed by atoms with Gasteiger partial charge in [-0.1, -0.05) is 0 Å². The number of hydrogen-bond acceptors (Lipinski definition) is 3. The molecule has 1 amide bonds. The number of nitrogens with one attached hydrogen (secondary N) is 2. The Labute approximate surface area is 134 Å². The van der Waals surface area contributed by atoms with Gasteiger partial charge in [0.15, 0.2) is 0 Å². The van der Waals surface area contributed by atoms with E-state index in [1.165, 1.54) is 32.5 Å². The molecule has 1 atom stereocenters. The molecule has 2 heterocycles. The summed E-state index contributed by atoms with van der Waals surface area (Å²) in [5.41, 5.74) is 0. The number of carbonyl (C=O) groups is 1. The van der Waals surface area contributed by atoms with Gasteiger partial charge >= 0.3 is 0 Å². The average molecular weight is 324 g/mol. The van der Waals surface area contributed by atoms with Crippen LogP contribution in [0.5, 0.6) is 0 Å². The summed E-state index contributed by atoms with van der Waals surface area (Å²) in [4.78, 5) is 14.6. The molecule has 118 valence electrons. The number of likely N-dealkylation sites (tertiary alicyclic amines) is 1. The maximum Gasteiger partial charge on any atom is 0.237 e. The Bertz CT molecular complexity index is 299. The summed E-state index contributed by atoms with van der Waals surface area (Å²) in [6.45, 7) is 4.63. The molecule has 0 radical (unpaired) electrons. The summed E-state index contributed by atoms with van der Waals surface area (Å²) in [5, 5.41) is 6.49. The monoisotopic (exact) mass is 323 g/mol. The van der Waals surface area contributed by atoms with Gasteiger partial charge in [-0.3, -0.25) is 4.79 Å². The molecule has 3 fully saturated rings. The van der Waals surface area contributed by atoms with E-state index in [0.717, 1.165) is 38.1 Å². The van der Waals surface area contributed by atoms with Gasteiger partial charge in [0.25, 0.3) is 0 Å². The summed E-state index contributed by atoms with van der Waals surface area (Å²) in [7, 11) is 0. The first-order valence-electron chi connectivity index (χ1n) is 7.57. The SMILES string of the molecule is Cl.Cl.O=C(NC1CCN(CC2CC2)CC1)C1CCCN1. The molecule has 4 nitrogen and oxygen atoms in total. The Hall–Kier alpha value is -0.0300. The summed E-state index contributed by atoms with van der Waals surface area (Å²) in [6, 6.07) is 0.491. The minimum absolute atomic E-state index is 0. The third-order valence-corrected chi connectivity index (χ3v) is 4.52. The van der Waals surface area contributed by atoms with E-state index >= 15 is 0 Å². The minimum atomic E-state index is 0. The van der Waals surface area contributed by atoms with Crippen molar-refractivity contribution in [3.8, 4) is 0 Å². The third kappa shape index (κ3) is 5.06. The summed E-state index contributed by atoms with van der Waals surface area (Å²) in [6.07, 6.45) is 7.27. The van der Waals surface area contributed by atoms with Gasteiger partial charge in [-0.25, -0.2) is 0 Å². The average Bonchev–Trinajstić information content (AvgIpc) is 3.02. The van der Waals surface area contributed by atoms with Crippen molar-refractivity contribution in [2.75, 3.05) is 26.2 Å². The van der Waals surface area contributed by atoms with E-state index in [4.69, 9.17) is 0 Å². The highest BCUT2D eigenvalue weighted by molar-refractivity contribution is 5.85. The molecule has 2 saturated heterocycles. The normalized spacial score (nSPS) is 27.5. The summed E-state index contributed by atoms with van der Waals surface area (Å²) >= 11 is 0. The largest absolute Gasteiger partial charge is 0.352 e. The van der Waals surface area contributed by atoms with Gasteiger partial charge < -0.3 is 15.5 Å². The fourth-order valence-electron chi connectivity index (χ4n) is 3.14. The van der Waals surface area contributed by atoms with Crippen LogP contribution >= 0.6 is 24.8 Å². The molecule has 3 aliphatic rings. The Morgan fingerprint density at radius 2 is 1.80 bits per heavy atom. The second-order valence-corrected chi connectivity index (χ2v) is 6.18. The molecule has 1 saturated carbocycles.